The van der Waals surface area contributed by atoms with E-state index in [0.717, 1.165) is 26.7 Å². The lowest BCUT2D eigenvalue weighted by molar-refractivity contribution is -0.0522. The fourth-order valence-corrected chi connectivity index (χ4v) is 4.43. The van der Waals surface area contributed by atoms with E-state index < -0.39 is 0 Å². The first-order chi connectivity index (χ1) is 16.5. The van der Waals surface area contributed by atoms with Crippen molar-refractivity contribution >= 4 is 29.3 Å². The maximum absolute atomic E-state index is 12.8. The molecule has 0 bridgehead atoms. The Labute approximate surface area is 209 Å². The van der Waals surface area contributed by atoms with Crippen LogP contribution >= 0.6 is 11.8 Å². The number of pyridine rings is 1. The molecule has 2 aromatic carbocycles. The number of hydrogen-bond acceptors (Lipinski definition) is 5. The normalized spacial score (nSPS) is 13.9. The topological polar surface area (TPSA) is 81.1 Å². The van der Waals surface area contributed by atoms with E-state index in [9.17, 15) is 4.79 Å². The molecule has 5 rings (SSSR count). The lowest BCUT2D eigenvalue weighted by Gasteiger charge is -2.36. The third-order valence-electron chi connectivity index (χ3n) is 5.69. The van der Waals surface area contributed by atoms with Gasteiger partial charge in [0.05, 0.1) is 30.0 Å². The number of carbonyl (C=O) groups excluding carboxylic acids is 1. The van der Waals surface area contributed by atoms with Crippen LogP contribution in [0.2, 0.25) is 0 Å². The molecule has 0 atom stereocenters. The first-order valence-corrected chi connectivity index (χ1v) is 11.8. The smallest absolute Gasteiger partial charge is 0.324 e. The Bertz CT molecular complexity index is 1280. The zero-order valence-corrected chi connectivity index (χ0v) is 19.8. The van der Waals surface area contributed by atoms with Gasteiger partial charge in [-0.2, -0.15) is 5.10 Å². The predicted octanol–water partition coefficient (Wildman–Crippen LogP) is 6.29. The number of anilines is 2. The van der Waals surface area contributed by atoms with Gasteiger partial charge in [-0.1, -0.05) is 36.9 Å². The van der Waals surface area contributed by atoms with Gasteiger partial charge in [0, 0.05) is 33.9 Å². The number of aromatic nitrogens is 3. The summed E-state index contributed by atoms with van der Waals surface area (Å²) in [5, 5.41) is 10.7. The van der Waals surface area contributed by atoms with Gasteiger partial charge in [0.1, 0.15) is 5.82 Å². The van der Waals surface area contributed by atoms with Crippen LogP contribution in [-0.4, -0.2) is 34.0 Å². The fourth-order valence-electron chi connectivity index (χ4n) is 3.63. The van der Waals surface area contributed by atoms with Crippen LogP contribution in [0.4, 0.5) is 16.3 Å². The Morgan fingerprint density at radius 1 is 0.971 bits per heavy atom. The molecule has 2 amide bonds. The van der Waals surface area contributed by atoms with Gasteiger partial charge in [0.15, 0.2) is 0 Å². The van der Waals surface area contributed by atoms with Crippen molar-refractivity contribution in [3.05, 3.63) is 90.4 Å². The fraction of sp³-hybridized carbons (Fsp3) is 0.222. The maximum Gasteiger partial charge on any atom is 0.324 e. The molecule has 0 radical (unpaired) electrons. The van der Waals surface area contributed by atoms with Crippen molar-refractivity contribution in [1.82, 2.24) is 14.8 Å². The van der Waals surface area contributed by atoms with E-state index in [1.807, 2.05) is 73.7 Å². The van der Waals surface area contributed by atoms with Crippen molar-refractivity contribution in [2.75, 3.05) is 23.8 Å². The summed E-state index contributed by atoms with van der Waals surface area (Å²) in [4.78, 5) is 19.1. The number of urea groups is 1. The van der Waals surface area contributed by atoms with Crippen molar-refractivity contribution in [1.29, 1.82) is 0 Å². The van der Waals surface area contributed by atoms with Gasteiger partial charge in [-0.05, 0) is 62.4 Å². The van der Waals surface area contributed by atoms with Gasteiger partial charge in [-0.3, -0.25) is 10.3 Å². The number of aryl methyl sites for hydroxylation is 1. The summed E-state index contributed by atoms with van der Waals surface area (Å²) in [6.45, 7) is 5.40. The molecular formula is C27H29N5O2S. The minimum Gasteiger partial charge on any atom is -0.379 e. The summed E-state index contributed by atoms with van der Waals surface area (Å²) in [6.07, 6.45) is 3.54. The number of rotatable bonds is 6. The van der Waals surface area contributed by atoms with E-state index in [0.29, 0.717) is 24.7 Å². The zero-order chi connectivity index (χ0) is 23.5. The van der Waals surface area contributed by atoms with Gasteiger partial charge >= 0.3 is 6.03 Å². The summed E-state index contributed by atoms with van der Waals surface area (Å²) >= 11 is 1.64. The van der Waals surface area contributed by atoms with Crippen LogP contribution in [-0.2, 0) is 10.2 Å². The Kier molecular flexibility index (Phi) is 7.23. The summed E-state index contributed by atoms with van der Waals surface area (Å²) in [6, 6.07) is 21.3. The Morgan fingerprint density at radius 3 is 2.26 bits per heavy atom. The highest BCUT2D eigenvalue weighted by Crippen LogP contribution is 2.33. The van der Waals surface area contributed by atoms with Crippen molar-refractivity contribution in [3.8, 4) is 5.69 Å². The second-order valence-electron chi connectivity index (χ2n) is 8.60. The molecule has 1 aliphatic heterocycles. The van der Waals surface area contributed by atoms with Crippen LogP contribution in [0.15, 0.2) is 88.9 Å². The minimum atomic E-state index is -0.329. The van der Waals surface area contributed by atoms with E-state index in [-0.39, 0.29) is 18.9 Å². The van der Waals surface area contributed by atoms with Gasteiger partial charge in [-0.15, -0.1) is 0 Å². The molecule has 180 valence electrons. The second kappa shape index (κ2) is 10.3. The Hall–Kier alpha value is -3.62. The van der Waals surface area contributed by atoms with Crippen molar-refractivity contribution in [2.45, 2.75) is 36.5 Å². The van der Waals surface area contributed by atoms with Crippen LogP contribution in [0, 0.1) is 6.92 Å². The number of amides is 2. The van der Waals surface area contributed by atoms with E-state index in [4.69, 9.17) is 9.84 Å². The van der Waals surface area contributed by atoms with E-state index >= 15 is 0 Å². The van der Waals surface area contributed by atoms with Gasteiger partial charge in [0.2, 0.25) is 0 Å². The standard InChI is InChI=1S/C26H25N5O2S.CH4/c1-18-3-7-20(8-4-18)31-24(15-23(30-31)26(2)16-33-17-26)29-25(32)28-19-5-9-21(10-6-19)34-22-11-13-27-14-12-22;/h3-15H,16-17H2,1-2H3,(H2,28,29,32);1H4. The molecule has 4 aromatic rings. The SMILES string of the molecule is C.Cc1ccc(-n2nc(C3(C)COC3)cc2NC(=O)Nc2ccc(Sc3ccncc3)cc2)cc1. The van der Waals surface area contributed by atoms with Crippen molar-refractivity contribution in [2.24, 2.45) is 0 Å². The molecule has 7 nitrogen and oxygen atoms in total. The average Bonchev–Trinajstić information content (AvgIpc) is 3.24. The van der Waals surface area contributed by atoms with Gasteiger partial charge in [-0.25, -0.2) is 9.48 Å². The molecule has 35 heavy (non-hydrogen) atoms. The van der Waals surface area contributed by atoms with Crippen LogP contribution in [0.3, 0.4) is 0 Å². The zero-order valence-electron chi connectivity index (χ0n) is 19.0. The highest BCUT2D eigenvalue weighted by molar-refractivity contribution is 7.99. The maximum atomic E-state index is 12.8. The number of benzene rings is 2. The minimum absolute atomic E-state index is 0. The van der Waals surface area contributed by atoms with Crippen LogP contribution in [0.25, 0.3) is 5.69 Å². The molecule has 1 aliphatic rings. The number of nitrogens with one attached hydrogen (secondary N) is 2. The quantitative estimate of drug-likeness (QED) is 0.334. The molecule has 1 saturated heterocycles. The molecule has 1 fully saturated rings. The van der Waals surface area contributed by atoms with Crippen LogP contribution in [0.5, 0.6) is 0 Å². The molecular weight excluding hydrogens is 458 g/mol. The van der Waals surface area contributed by atoms with Gasteiger partial charge < -0.3 is 10.1 Å². The van der Waals surface area contributed by atoms with E-state index in [1.165, 1.54) is 0 Å². The number of hydrogen-bond donors (Lipinski definition) is 2. The first-order valence-electron chi connectivity index (χ1n) is 11.0. The summed E-state index contributed by atoms with van der Waals surface area (Å²) < 4.78 is 7.19. The summed E-state index contributed by atoms with van der Waals surface area (Å²) in [7, 11) is 0. The highest BCUT2D eigenvalue weighted by atomic mass is 32.2. The molecule has 2 aromatic heterocycles. The summed E-state index contributed by atoms with van der Waals surface area (Å²) in [5.41, 5.74) is 3.50. The van der Waals surface area contributed by atoms with E-state index in [2.05, 4.69) is 22.5 Å². The number of carbonyl (C=O) groups is 1. The summed E-state index contributed by atoms with van der Waals surface area (Å²) in [5.74, 6) is 0.606. The van der Waals surface area contributed by atoms with Crippen molar-refractivity contribution in [3.63, 3.8) is 0 Å². The lowest BCUT2D eigenvalue weighted by atomic mass is 9.85. The third-order valence-corrected chi connectivity index (χ3v) is 6.70. The number of nitrogens with zero attached hydrogens (tertiary/aromatic N) is 3. The molecule has 2 N–H and O–H groups in total. The molecule has 8 heteroatoms. The monoisotopic (exact) mass is 487 g/mol. The van der Waals surface area contributed by atoms with Crippen LogP contribution in [0.1, 0.15) is 25.6 Å². The first kappa shape index (κ1) is 24.5. The molecule has 0 spiro atoms. The number of ether oxygens (including phenoxy) is 1. The second-order valence-corrected chi connectivity index (χ2v) is 9.75. The predicted molar refractivity (Wildman–Crippen MR) is 141 cm³/mol. The highest BCUT2D eigenvalue weighted by Gasteiger charge is 2.38. The molecule has 0 aliphatic carbocycles. The average molecular weight is 488 g/mol. The molecule has 3 heterocycles. The molecule has 0 unspecified atom stereocenters. The Morgan fingerprint density at radius 2 is 1.63 bits per heavy atom. The Balaban J connectivity index is 0.00000289. The van der Waals surface area contributed by atoms with Gasteiger partial charge in [0.25, 0.3) is 0 Å². The third kappa shape index (κ3) is 5.55. The van der Waals surface area contributed by atoms with Crippen LogP contribution < -0.4 is 10.6 Å². The molecule has 0 saturated carbocycles. The van der Waals surface area contributed by atoms with E-state index in [1.54, 1.807) is 28.8 Å². The largest absolute Gasteiger partial charge is 0.379 e. The van der Waals surface area contributed by atoms with Crippen molar-refractivity contribution < 1.29 is 9.53 Å². The lowest BCUT2D eigenvalue weighted by Crippen LogP contribution is -2.44.